The zero-order valence-corrected chi connectivity index (χ0v) is 12.2. The second-order valence-corrected chi connectivity index (χ2v) is 6.64. The van der Waals surface area contributed by atoms with Gasteiger partial charge >= 0.3 is 5.97 Å². The fourth-order valence-corrected chi connectivity index (χ4v) is 2.84. The van der Waals surface area contributed by atoms with Gasteiger partial charge in [0.05, 0.1) is 5.41 Å². The van der Waals surface area contributed by atoms with Gasteiger partial charge in [0.25, 0.3) is 0 Å². The van der Waals surface area contributed by atoms with E-state index in [1.54, 1.807) is 0 Å². The predicted octanol–water partition coefficient (Wildman–Crippen LogP) is 3.55. The first kappa shape index (κ1) is 14.0. The highest BCUT2D eigenvalue weighted by Gasteiger charge is 2.50. The molecule has 1 fully saturated rings. The molecule has 2 aliphatic rings. The maximum absolute atomic E-state index is 12.6. The maximum Gasteiger partial charge on any atom is 0.310 e. The van der Waals surface area contributed by atoms with Gasteiger partial charge in [0.2, 0.25) is 0 Å². The molecule has 104 valence electrons. The summed E-state index contributed by atoms with van der Waals surface area (Å²) in [6.07, 6.45) is 6.12. The third kappa shape index (κ3) is 2.65. The molecule has 1 aliphatic heterocycles. The molecule has 0 aromatic carbocycles. The van der Waals surface area contributed by atoms with Crippen LogP contribution in [0.15, 0.2) is 23.5 Å². The van der Waals surface area contributed by atoms with Crippen molar-refractivity contribution in [1.82, 2.24) is 0 Å². The second kappa shape index (κ2) is 4.62. The lowest BCUT2D eigenvalue weighted by atomic mass is 9.64. The molecule has 0 spiro atoms. The van der Waals surface area contributed by atoms with Crippen molar-refractivity contribution in [3.63, 3.8) is 0 Å². The predicted molar refractivity (Wildman–Crippen MR) is 73.3 cm³/mol. The highest BCUT2D eigenvalue weighted by atomic mass is 16.5. The Labute approximate surface area is 114 Å². The van der Waals surface area contributed by atoms with E-state index < -0.39 is 5.41 Å². The number of hydrogen-bond acceptors (Lipinski definition) is 3. The minimum atomic E-state index is -0.597. The van der Waals surface area contributed by atoms with Crippen LogP contribution in [0.1, 0.15) is 53.4 Å². The fraction of sp³-hybridized carbons (Fsp3) is 0.625. The minimum absolute atomic E-state index is 0.208. The Kier molecular flexibility index (Phi) is 3.41. The topological polar surface area (TPSA) is 43.4 Å². The van der Waals surface area contributed by atoms with Crippen LogP contribution in [0.3, 0.4) is 0 Å². The van der Waals surface area contributed by atoms with Crippen molar-refractivity contribution in [2.24, 2.45) is 10.8 Å². The summed E-state index contributed by atoms with van der Waals surface area (Å²) in [6.45, 7) is 8.05. The highest BCUT2D eigenvalue weighted by Crippen LogP contribution is 2.50. The summed E-state index contributed by atoms with van der Waals surface area (Å²) in [5, 5.41) is 0. The fourth-order valence-electron chi connectivity index (χ4n) is 2.84. The van der Waals surface area contributed by atoms with Crippen LogP contribution in [0.4, 0.5) is 0 Å². The van der Waals surface area contributed by atoms with Crippen LogP contribution >= 0.6 is 0 Å². The van der Waals surface area contributed by atoms with E-state index in [1.807, 2.05) is 33.8 Å². The van der Waals surface area contributed by atoms with E-state index in [0.29, 0.717) is 31.4 Å². The van der Waals surface area contributed by atoms with Gasteiger partial charge < -0.3 is 4.74 Å². The van der Waals surface area contributed by atoms with Crippen molar-refractivity contribution in [3.05, 3.63) is 23.5 Å². The zero-order chi connectivity index (χ0) is 14.3. The molecule has 1 aliphatic carbocycles. The monoisotopic (exact) mass is 262 g/mol. The van der Waals surface area contributed by atoms with Crippen LogP contribution in [-0.2, 0) is 14.3 Å². The average molecular weight is 262 g/mol. The second-order valence-electron chi connectivity index (χ2n) is 6.64. The van der Waals surface area contributed by atoms with Crippen LogP contribution in [0, 0.1) is 10.8 Å². The van der Waals surface area contributed by atoms with Gasteiger partial charge in [0, 0.05) is 12.8 Å². The zero-order valence-electron chi connectivity index (χ0n) is 12.2. The highest BCUT2D eigenvalue weighted by molar-refractivity contribution is 5.92. The van der Waals surface area contributed by atoms with Gasteiger partial charge in [-0.2, -0.15) is 0 Å². The maximum atomic E-state index is 12.6. The molecule has 1 heterocycles. The number of esters is 1. The number of ketones is 1. The molecule has 2 rings (SSSR count). The molecule has 3 heteroatoms. The van der Waals surface area contributed by atoms with E-state index in [1.165, 1.54) is 5.57 Å². The smallest absolute Gasteiger partial charge is 0.310 e. The van der Waals surface area contributed by atoms with Crippen molar-refractivity contribution >= 4 is 11.8 Å². The average Bonchev–Trinajstić information content (AvgIpc) is 2.25. The molecule has 0 bridgehead atoms. The molecular formula is C16H22O3. The summed E-state index contributed by atoms with van der Waals surface area (Å²) in [6, 6.07) is 0. The van der Waals surface area contributed by atoms with E-state index in [9.17, 15) is 9.59 Å². The Morgan fingerprint density at radius 2 is 2.05 bits per heavy atom. The number of Topliss-reactive ketones (excluding diaryl/α,β-unsaturated/α-hetero) is 1. The normalized spacial score (nSPS) is 29.2. The first-order valence-electron chi connectivity index (χ1n) is 6.86. The van der Waals surface area contributed by atoms with Crippen molar-refractivity contribution in [1.29, 1.82) is 0 Å². The van der Waals surface area contributed by atoms with Crippen LogP contribution < -0.4 is 0 Å². The molecule has 0 N–H and O–H groups in total. The quantitative estimate of drug-likeness (QED) is 0.564. The molecule has 0 aromatic heterocycles. The van der Waals surface area contributed by atoms with Crippen LogP contribution in [0.2, 0.25) is 0 Å². The van der Waals surface area contributed by atoms with E-state index in [0.717, 1.165) is 0 Å². The number of carbonyl (C=O) groups excluding carboxylic acids is 2. The summed E-state index contributed by atoms with van der Waals surface area (Å²) >= 11 is 0. The lowest BCUT2D eigenvalue weighted by Crippen LogP contribution is -2.44. The number of allylic oxidation sites excluding steroid dienone is 4. The SMILES string of the molecule is CC(C)=CCC12CCC(=O)OC1=CC(C)(C)CC2=O. The van der Waals surface area contributed by atoms with Crippen molar-refractivity contribution in [3.8, 4) is 0 Å². The Hall–Kier alpha value is -1.38. The first-order valence-corrected chi connectivity index (χ1v) is 6.86. The number of hydrogen-bond donors (Lipinski definition) is 0. The van der Waals surface area contributed by atoms with Crippen molar-refractivity contribution in [2.45, 2.75) is 53.4 Å². The molecule has 1 atom stereocenters. The summed E-state index contributed by atoms with van der Waals surface area (Å²) in [5.41, 5.74) is 0.363. The van der Waals surface area contributed by atoms with Gasteiger partial charge in [-0.3, -0.25) is 9.59 Å². The largest absolute Gasteiger partial charge is 0.430 e. The Bertz CT molecular complexity index is 478. The van der Waals surface area contributed by atoms with E-state index >= 15 is 0 Å². The number of carbonyl (C=O) groups is 2. The number of rotatable bonds is 2. The third-order valence-corrected chi connectivity index (χ3v) is 3.98. The molecule has 0 saturated carbocycles. The van der Waals surface area contributed by atoms with Crippen molar-refractivity contribution in [2.75, 3.05) is 0 Å². The van der Waals surface area contributed by atoms with E-state index in [-0.39, 0.29) is 17.2 Å². The Morgan fingerprint density at radius 1 is 1.37 bits per heavy atom. The van der Waals surface area contributed by atoms with Gasteiger partial charge in [-0.15, -0.1) is 0 Å². The lowest BCUT2D eigenvalue weighted by Gasteiger charge is -2.42. The molecule has 0 amide bonds. The van der Waals surface area contributed by atoms with E-state index in [2.05, 4.69) is 6.08 Å². The van der Waals surface area contributed by atoms with Gasteiger partial charge in [-0.1, -0.05) is 25.5 Å². The first-order chi connectivity index (χ1) is 8.75. The summed E-state index contributed by atoms with van der Waals surface area (Å²) in [4.78, 5) is 24.2. The molecule has 19 heavy (non-hydrogen) atoms. The molecule has 0 aromatic rings. The van der Waals surface area contributed by atoms with Crippen LogP contribution in [-0.4, -0.2) is 11.8 Å². The van der Waals surface area contributed by atoms with Crippen molar-refractivity contribution < 1.29 is 14.3 Å². The standard InChI is InChI=1S/C16H22O3/c1-11(2)5-7-16-8-6-14(18)19-13(16)10-15(3,4)9-12(16)17/h5,10H,6-9H2,1-4H3. The van der Waals surface area contributed by atoms with Gasteiger partial charge in [0.15, 0.2) is 0 Å². The molecule has 1 unspecified atom stereocenters. The van der Waals surface area contributed by atoms with Crippen LogP contribution in [0.25, 0.3) is 0 Å². The van der Waals surface area contributed by atoms with Crippen LogP contribution in [0.5, 0.6) is 0 Å². The number of ether oxygens (including phenoxy) is 1. The number of fused-ring (bicyclic) bond motifs is 1. The van der Waals surface area contributed by atoms with Gasteiger partial charge in [0.1, 0.15) is 11.5 Å². The Morgan fingerprint density at radius 3 is 2.68 bits per heavy atom. The minimum Gasteiger partial charge on any atom is -0.430 e. The molecule has 0 radical (unpaired) electrons. The van der Waals surface area contributed by atoms with Gasteiger partial charge in [-0.05, 0) is 38.2 Å². The van der Waals surface area contributed by atoms with E-state index in [4.69, 9.17) is 4.74 Å². The Balaban J connectivity index is 2.44. The van der Waals surface area contributed by atoms with Gasteiger partial charge in [-0.25, -0.2) is 0 Å². The molecule has 1 saturated heterocycles. The third-order valence-electron chi connectivity index (χ3n) is 3.98. The molecule has 3 nitrogen and oxygen atoms in total. The summed E-state index contributed by atoms with van der Waals surface area (Å²) < 4.78 is 5.40. The summed E-state index contributed by atoms with van der Waals surface area (Å²) in [5.74, 6) is 0.576. The molecular weight excluding hydrogens is 240 g/mol. The lowest BCUT2D eigenvalue weighted by molar-refractivity contribution is -0.151. The summed E-state index contributed by atoms with van der Waals surface area (Å²) in [7, 11) is 0.